The monoisotopic (exact) mass is 224 g/mol. The highest BCUT2D eigenvalue weighted by Gasteiger charge is 2.18. The van der Waals surface area contributed by atoms with Crippen molar-refractivity contribution < 1.29 is 0 Å². The summed E-state index contributed by atoms with van der Waals surface area (Å²) in [4.78, 5) is 5.39. The molecule has 2 heteroatoms. The molecule has 2 nitrogen and oxygen atoms in total. The van der Waals surface area contributed by atoms with Crippen LogP contribution >= 0.6 is 0 Å². The maximum absolute atomic E-state index is 2.72. The van der Waals surface area contributed by atoms with Crippen molar-refractivity contribution in [2.75, 3.05) is 32.7 Å². The lowest BCUT2D eigenvalue weighted by Gasteiger charge is -2.32. The van der Waals surface area contributed by atoms with Gasteiger partial charge in [0.05, 0.1) is 0 Å². The van der Waals surface area contributed by atoms with Crippen molar-refractivity contribution in [1.29, 1.82) is 0 Å². The normalized spacial score (nSPS) is 30.2. The van der Waals surface area contributed by atoms with E-state index in [9.17, 15) is 0 Å². The van der Waals surface area contributed by atoms with Crippen LogP contribution in [-0.2, 0) is 0 Å². The van der Waals surface area contributed by atoms with Crippen molar-refractivity contribution in [2.24, 2.45) is 0 Å². The largest absolute Gasteiger partial charge is 0.302 e. The Hall–Kier alpha value is -0.0800. The van der Waals surface area contributed by atoms with Crippen molar-refractivity contribution in [2.45, 2.75) is 57.9 Å². The van der Waals surface area contributed by atoms with Gasteiger partial charge in [-0.1, -0.05) is 19.3 Å². The molecule has 0 N–H and O–H groups in total. The van der Waals surface area contributed by atoms with E-state index >= 15 is 0 Å². The SMILES string of the molecule is CC1CCCCCN1CCN1CCCCC1. The van der Waals surface area contributed by atoms with Gasteiger partial charge in [-0.05, 0) is 52.2 Å². The van der Waals surface area contributed by atoms with Crippen LogP contribution in [0.4, 0.5) is 0 Å². The van der Waals surface area contributed by atoms with Crippen molar-refractivity contribution in [1.82, 2.24) is 9.80 Å². The van der Waals surface area contributed by atoms with Crippen LogP contribution in [0.1, 0.15) is 51.9 Å². The molecule has 16 heavy (non-hydrogen) atoms. The van der Waals surface area contributed by atoms with Crippen molar-refractivity contribution in [3.05, 3.63) is 0 Å². The second-order valence-corrected chi connectivity index (χ2v) is 5.64. The van der Waals surface area contributed by atoms with Gasteiger partial charge in [0, 0.05) is 19.1 Å². The van der Waals surface area contributed by atoms with E-state index in [0.717, 1.165) is 6.04 Å². The number of rotatable bonds is 3. The molecule has 0 aromatic carbocycles. The third-order valence-corrected chi connectivity index (χ3v) is 4.34. The Labute approximate surface area is 101 Å². The van der Waals surface area contributed by atoms with Crippen LogP contribution < -0.4 is 0 Å². The molecule has 2 aliphatic heterocycles. The van der Waals surface area contributed by atoms with Crippen LogP contribution in [0.5, 0.6) is 0 Å². The van der Waals surface area contributed by atoms with Gasteiger partial charge in [0.1, 0.15) is 0 Å². The number of hydrogen-bond acceptors (Lipinski definition) is 2. The van der Waals surface area contributed by atoms with E-state index in [2.05, 4.69) is 16.7 Å². The van der Waals surface area contributed by atoms with E-state index in [1.165, 1.54) is 77.7 Å². The fraction of sp³-hybridized carbons (Fsp3) is 1.00. The van der Waals surface area contributed by atoms with E-state index in [4.69, 9.17) is 0 Å². The minimum absolute atomic E-state index is 0.826. The average molecular weight is 224 g/mol. The average Bonchev–Trinajstić information content (AvgIpc) is 2.53. The van der Waals surface area contributed by atoms with Gasteiger partial charge in [-0.2, -0.15) is 0 Å². The van der Waals surface area contributed by atoms with Gasteiger partial charge in [0.2, 0.25) is 0 Å². The molecule has 0 spiro atoms. The summed E-state index contributed by atoms with van der Waals surface area (Å²) in [6.45, 7) is 9.08. The minimum atomic E-state index is 0.826. The van der Waals surface area contributed by atoms with Gasteiger partial charge in [-0.3, -0.25) is 4.90 Å². The molecule has 2 rings (SSSR count). The van der Waals surface area contributed by atoms with Gasteiger partial charge < -0.3 is 4.90 Å². The van der Waals surface area contributed by atoms with Crippen LogP contribution in [0.25, 0.3) is 0 Å². The lowest BCUT2D eigenvalue weighted by atomic mass is 10.1. The highest BCUT2D eigenvalue weighted by Crippen LogP contribution is 2.16. The van der Waals surface area contributed by atoms with Gasteiger partial charge in [0.25, 0.3) is 0 Å². The van der Waals surface area contributed by atoms with Gasteiger partial charge in [-0.15, -0.1) is 0 Å². The molecule has 94 valence electrons. The summed E-state index contributed by atoms with van der Waals surface area (Å²) < 4.78 is 0. The second-order valence-electron chi connectivity index (χ2n) is 5.64. The minimum Gasteiger partial charge on any atom is -0.302 e. The van der Waals surface area contributed by atoms with Crippen LogP contribution in [0, 0.1) is 0 Å². The van der Waals surface area contributed by atoms with Gasteiger partial charge in [0.15, 0.2) is 0 Å². The van der Waals surface area contributed by atoms with E-state index in [-0.39, 0.29) is 0 Å². The Bertz CT molecular complexity index is 187. The Balaban J connectivity index is 1.70. The lowest BCUT2D eigenvalue weighted by Crippen LogP contribution is -2.41. The first-order valence-electron chi connectivity index (χ1n) is 7.32. The molecular weight excluding hydrogens is 196 g/mol. The summed E-state index contributed by atoms with van der Waals surface area (Å²) in [5, 5.41) is 0. The predicted molar refractivity (Wildman–Crippen MR) is 69.8 cm³/mol. The third kappa shape index (κ3) is 3.74. The maximum Gasteiger partial charge on any atom is 0.0112 e. The quantitative estimate of drug-likeness (QED) is 0.727. The third-order valence-electron chi connectivity index (χ3n) is 4.34. The standard InChI is InChI=1S/C14H28N2/c1-14-8-4-2-7-11-16(14)13-12-15-9-5-3-6-10-15/h14H,2-13H2,1H3. The van der Waals surface area contributed by atoms with Crippen LogP contribution in [-0.4, -0.2) is 48.6 Å². The first-order valence-corrected chi connectivity index (χ1v) is 7.32. The Morgan fingerprint density at radius 1 is 0.812 bits per heavy atom. The number of piperidine rings is 1. The molecule has 0 aliphatic carbocycles. The highest BCUT2D eigenvalue weighted by molar-refractivity contribution is 4.74. The number of likely N-dealkylation sites (tertiary alicyclic amines) is 2. The molecule has 2 saturated heterocycles. The lowest BCUT2D eigenvalue weighted by molar-refractivity contribution is 0.156. The van der Waals surface area contributed by atoms with Crippen molar-refractivity contribution in [3.63, 3.8) is 0 Å². The number of hydrogen-bond donors (Lipinski definition) is 0. The summed E-state index contributed by atoms with van der Waals surface area (Å²) in [6, 6.07) is 0.826. The zero-order valence-electron chi connectivity index (χ0n) is 11.0. The van der Waals surface area contributed by atoms with E-state index < -0.39 is 0 Å². The molecule has 2 aliphatic rings. The molecule has 2 heterocycles. The predicted octanol–water partition coefficient (Wildman–Crippen LogP) is 2.74. The topological polar surface area (TPSA) is 6.48 Å². The zero-order chi connectivity index (χ0) is 11.2. The van der Waals surface area contributed by atoms with Crippen LogP contribution in [0.3, 0.4) is 0 Å². The second kappa shape index (κ2) is 6.61. The van der Waals surface area contributed by atoms with E-state index in [1.807, 2.05) is 0 Å². The summed E-state index contributed by atoms with van der Waals surface area (Å²) in [5.74, 6) is 0. The molecular formula is C14H28N2. The van der Waals surface area contributed by atoms with Crippen molar-refractivity contribution >= 4 is 0 Å². The summed E-state index contributed by atoms with van der Waals surface area (Å²) in [5.41, 5.74) is 0. The molecule has 0 saturated carbocycles. The molecule has 1 unspecified atom stereocenters. The molecule has 2 fully saturated rings. The molecule has 0 amide bonds. The summed E-state index contributed by atoms with van der Waals surface area (Å²) in [6.07, 6.45) is 10.0. The highest BCUT2D eigenvalue weighted by atomic mass is 15.2. The van der Waals surface area contributed by atoms with Gasteiger partial charge in [-0.25, -0.2) is 0 Å². The fourth-order valence-electron chi connectivity index (χ4n) is 3.12. The number of nitrogens with zero attached hydrogens (tertiary/aromatic N) is 2. The first-order chi connectivity index (χ1) is 7.86. The molecule has 0 aromatic rings. The van der Waals surface area contributed by atoms with Crippen molar-refractivity contribution in [3.8, 4) is 0 Å². The Morgan fingerprint density at radius 2 is 1.50 bits per heavy atom. The first kappa shape index (κ1) is 12.4. The molecule has 0 aromatic heterocycles. The molecule has 0 bridgehead atoms. The molecule has 0 radical (unpaired) electrons. The van der Waals surface area contributed by atoms with Gasteiger partial charge >= 0.3 is 0 Å². The summed E-state index contributed by atoms with van der Waals surface area (Å²) >= 11 is 0. The van der Waals surface area contributed by atoms with Crippen LogP contribution in [0.15, 0.2) is 0 Å². The van der Waals surface area contributed by atoms with Crippen LogP contribution in [0.2, 0.25) is 0 Å². The maximum atomic E-state index is 2.72. The summed E-state index contributed by atoms with van der Waals surface area (Å²) in [7, 11) is 0. The van der Waals surface area contributed by atoms with E-state index in [1.54, 1.807) is 0 Å². The van der Waals surface area contributed by atoms with E-state index in [0.29, 0.717) is 0 Å². The molecule has 1 atom stereocenters. The Morgan fingerprint density at radius 3 is 2.31 bits per heavy atom. The fourth-order valence-corrected chi connectivity index (χ4v) is 3.12. The Kier molecular flexibility index (Phi) is 5.11. The smallest absolute Gasteiger partial charge is 0.0112 e. The zero-order valence-corrected chi connectivity index (χ0v) is 11.0.